The minimum absolute atomic E-state index is 0.167. The van der Waals surface area contributed by atoms with Crippen molar-refractivity contribution in [2.45, 2.75) is 37.9 Å². The van der Waals surface area contributed by atoms with Crippen LogP contribution in [0.2, 0.25) is 5.02 Å². The summed E-state index contributed by atoms with van der Waals surface area (Å²) >= 11 is 6.21. The lowest BCUT2D eigenvalue weighted by Crippen LogP contribution is -2.55. The van der Waals surface area contributed by atoms with Gasteiger partial charge in [0.25, 0.3) is 0 Å². The van der Waals surface area contributed by atoms with Crippen LogP contribution in [0.3, 0.4) is 0 Å². The van der Waals surface area contributed by atoms with Crippen molar-refractivity contribution in [3.8, 4) is 5.75 Å². The van der Waals surface area contributed by atoms with Crippen molar-refractivity contribution >= 4 is 17.3 Å². The molecule has 0 unspecified atom stereocenters. The summed E-state index contributed by atoms with van der Waals surface area (Å²) in [6, 6.07) is 14.1. The Labute approximate surface area is 165 Å². The highest BCUT2D eigenvalue weighted by molar-refractivity contribution is 6.31. The van der Waals surface area contributed by atoms with Gasteiger partial charge in [0, 0.05) is 41.8 Å². The predicted molar refractivity (Wildman–Crippen MR) is 111 cm³/mol. The van der Waals surface area contributed by atoms with E-state index in [0.717, 1.165) is 43.6 Å². The first-order valence-electron chi connectivity index (χ1n) is 9.55. The van der Waals surface area contributed by atoms with Crippen LogP contribution in [-0.4, -0.2) is 41.5 Å². The fourth-order valence-electron chi connectivity index (χ4n) is 4.06. The number of piperidine rings is 1. The normalized spacial score (nSPS) is 22.6. The molecule has 4 rings (SSSR count). The molecule has 0 amide bonds. The Bertz CT molecular complexity index is 854. The van der Waals surface area contributed by atoms with Gasteiger partial charge in [0.05, 0.1) is 0 Å². The largest absolute Gasteiger partial charge is 0.507 e. The smallest absolute Gasteiger partial charge is 0.124 e. The molecular formula is C22H26ClN3O. The second-order valence-electron chi connectivity index (χ2n) is 7.87. The molecule has 2 N–H and O–H groups in total. The third kappa shape index (κ3) is 3.88. The number of likely N-dealkylation sites (tertiary alicyclic amines) is 1. The van der Waals surface area contributed by atoms with Crippen LogP contribution in [0.4, 0.5) is 0 Å². The Hall–Kier alpha value is -1.88. The van der Waals surface area contributed by atoms with Crippen LogP contribution in [0.15, 0.2) is 47.5 Å². The molecule has 2 aromatic carbocycles. The lowest BCUT2D eigenvalue weighted by atomic mass is 9.87. The van der Waals surface area contributed by atoms with Crippen LogP contribution in [-0.2, 0) is 0 Å². The highest BCUT2D eigenvalue weighted by Crippen LogP contribution is 2.36. The number of nitrogens with one attached hydrogen (secondary N) is 1. The zero-order chi connectivity index (χ0) is 19.0. The minimum Gasteiger partial charge on any atom is -0.507 e. The van der Waals surface area contributed by atoms with E-state index in [9.17, 15) is 5.11 Å². The maximum Gasteiger partial charge on any atom is 0.124 e. The molecule has 1 saturated heterocycles. The van der Waals surface area contributed by atoms with Crippen LogP contribution in [0.1, 0.15) is 42.0 Å². The fraction of sp³-hybridized carbons (Fsp3) is 0.409. The molecule has 0 aliphatic carbocycles. The molecule has 2 heterocycles. The first-order chi connectivity index (χ1) is 12.9. The molecule has 2 aliphatic rings. The summed E-state index contributed by atoms with van der Waals surface area (Å²) in [4.78, 5) is 7.47. The van der Waals surface area contributed by atoms with Crippen molar-refractivity contribution in [3.05, 3.63) is 64.2 Å². The number of hydrogen-bond donors (Lipinski definition) is 2. The standard InChI is InChI=1S/C22H26ClN3O/c1-15-3-5-16(6-4-15)19-14-20(18-13-17(23)7-8-21(18)27)25-22(24-19)9-11-26(2)12-10-22/h3-8,13,19,24,27H,9-12,14H2,1-2H3/t19-/m1/s1. The van der Waals surface area contributed by atoms with Crippen LogP contribution >= 0.6 is 11.6 Å². The molecular weight excluding hydrogens is 358 g/mol. The molecule has 5 heteroatoms. The molecule has 4 nitrogen and oxygen atoms in total. The number of phenols is 1. The van der Waals surface area contributed by atoms with E-state index in [2.05, 4.69) is 48.5 Å². The molecule has 1 fully saturated rings. The topological polar surface area (TPSA) is 47.9 Å². The fourth-order valence-corrected chi connectivity index (χ4v) is 4.23. The van der Waals surface area contributed by atoms with Gasteiger partial charge in [-0.3, -0.25) is 10.3 Å². The maximum atomic E-state index is 10.4. The summed E-state index contributed by atoms with van der Waals surface area (Å²) in [6.07, 6.45) is 2.64. The Kier molecular flexibility index (Phi) is 4.97. The van der Waals surface area contributed by atoms with Gasteiger partial charge in [-0.25, -0.2) is 0 Å². The summed E-state index contributed by atoms with van der Waals surface area (Å²) in [5.74, 6) is 0.241. The molecule has 2 aromatic rings. The van der Waals surface area contributed by atoms with Crippen molar-refractivity contribution in [3.63, 3.8) is 0 Å². The van der Waals surface area contributed by atoms with Gasteiger partial charge in [-0.2, -0.15) is 0 Å². The van der Waals surface area contributed by atoms with Crippen LogP contribution in [0, 0.1) is 6.92 Å². The van der Waals surface area contributed by atoms with E-state index in [1.807, 2.05) is 6.07 Å². The third-order valence-electron chi connectivity index (χ3n) is 5.75. The van der Waals surface area contributed by atoms with E-state index < -0.39 is 0 Å². The van der Waals surface area contributed by atoms with Crippen LogP contribution in [0.25, 0.3) is 0 Å². The second kappa shape index (κ2) is 7.27. The minimum atomic E-state index is -0.287. The molecule has 0 saturated carbocycles. The Balaban J connectivity index is 1.75. The van der Waals surface area contributed by atoms with E-state index in [4.69, 9.17) is 16.6 Å². The average molecular weight is 384 g/mol. The third-order valence-corrected chi connectivity index (χ3v) is 5.99. The molecule has 142 valence electrons. The van der Waals surface area contributed by atoms with E-state index in [1.54, 1.807) is 12.1 Å². The van der Waals surface area contributed by atoms with E-state index >= 15 is 0 Å². The number of aryl methyl sites for hydroxylation is 1. The van der Waals surface area contributed by atoms with Gasteiger partial charge in [0.1, 0.15) is 11.4 Å². The molecule has 2 aliphatic heterocycles. The van der Waals surface area contributed by atoms with Gasteiger partial charge in [-0.1, -0.05) is 41.4 Å². The summed E-state index contributed by atoms with van der Waals surface area (Å²) in [5.41, 5.74) is 3.91. The van der Waals surface area contributed by atoms with Crippen molar-refractivity contribution in [2.75, 3.05) is 20.1 Å². The number of aliphatic imine (C=N–C) groups is 1. The highest BCUT2D eigenvalue weighted by Gasteiger charge is 2.39. The first kappa shape index (κ1) is 18.5. The molecule has 1 atom stereocenters. The number of phenolic OH excluding ortho intramolecular Hbond substituents is 1. The van der Waals surface area contributed by atoms with Gasteiger partial charge in [0.15, 0.2) is 0 Å². The van der Waals surface area contributed by atoms with Gasteiger partial charge < -0.3 is 10.0 Å². The maximum absolute atomic E-state index is 10.4. The van der Waals surface area contributed by atoms with Crippen molar-refractivity contribution < 1.29 is 5.11 Å². The van der Waals surface area contributed by atoms with Gasteiger partial charge in [0.2, 0.25) is 0 Å². The Morgan fingerprint density at radius 2 is 1.85 bits per heavy atom. The molecule has 0 aromatic heterocycles. The molecule has 27 heavy (non-hydrogen) atoms. The molecule has 0 radical (unpaired) electrons. The summed E-state index contributed by atoms with van der Waals surface area (Å²) < 4.78 is 0. The molecule has 0 bridgehead atoms. The number of aromatic hydroxyl groups is 1. The predicted octanol–water partition coefficient (Wildman–Crippen LogP) is 4.30. The second-order valence-corrected chi connectivity index (χ2v) is 8.30. The highest BCUT2D eigenvalue weighted by atomic mass is 35.5. The lowest BCUT2D eigenvalue weighted by Gasteiger charge is -2.44. The first-order valence-corrected chi connectivity index (χ1v) is 9.92. The number of nitrogens with zero attached hydrogens (tertiary/aromatic N) is 2. The van der Waals surface area contributed by atoms with Crippen LogP contribution in [0.5, 0.6) is 5.75 Å². The van der Waals surface area contributed by atoms with Crippen molar-refractivity contribution in [1.82, 2.24) is 10.2 Å². The lowest BCUT2D eigenvalue weighted by molar-refractivity contribution is 0.144. The average Bonchev–Trinajstić information content (AvgIpc) is 2.66. The monoisotopic (exact) mass is 383 g/mol. The summed E-state index contributed by atoms with van der Waals surface area (Å²) in [5, 5.41) is 14.9. The van der Waals surface area contributed by atoms with E-state index in [-0.39, 0.29) is 17.5 Å². The SMILES string of the molecule is Cc1ccc([C@H]2CC(c3cc(Cl)ccc3O)=NC3(CCN(C)CC3)N2)cc1. The van der Waals surface area contributed by atoms with E-state index in [1.165, 1.54) is 11.1 Å². The number of halogens is 1. The van der Waals surface area contributed by atoms with Crippen molar-refractivity contribution in [1.29, 1.82) is 0 Å². The summed E-state index contributed by atoms with van der Waals surface area (Å²) in [7, 11) is 2.15. The van der Waals surface area contributed by atoms with Crippen LogP contribution < -0.4 is 5.32 Å². The number of benzene rings is 2. The number of rotatable bonds is 2. The van der Waals surface area contributed by atoms with Gasteiger partial charge in [-0.05, 0) is 50.6 Å². The summed E-state index contributed by atoms with van der Waals surface area (Å²) in [6.45, 7) is 4.12. The molecule has 1 spiro atoms. The number of hydrogen-bond acceptors (Lipinski definition) is 4. The zero-order valence-electron chi connectivity index (χ0n) is 15.9. The zero-order valence-corrected chi connectivity index (χ0v) is 16.6. The van der Waals surface area contributed by atoms with Crippen molar-refractivity contribution in [2.24, 2.45) is 4.99 Å². The Morgan fingerprint density at radius 3 is 2.56 bits per heavy atom. The quantitative estimate of drug-likeness (QED) is 0.812. The Morgan fingerprint density at radius 1 is 1.15 bits per heavy atom. The van der Waals surface area contributed by atoms with E-state index in [0.29, 0.717) is 5.02 Å². The van der Waals surface area contributed by atoms with Gasteiger partial charge >= 0.3 is 0 Å². The van der Waals surface area contributed by atoms with Gasteiger partial charge in [-0.15, -0.1) is 0 Å².